The van der Waals surface area contributed by atoms with Gasteiger partial charge in [0.05, 0.1) is 5.52 Å². The molecule has 134 valence electrons. The van der Waals surface area contributed by atoms with Crippen LogP contribution in [0.15, 0.2) is 36.5 Å². The molecule has 2 aromatic rings. The van der Waals surface area contributed by atoms with Crippen LogP contribution in [0, 0.1) is 0 Å². The van der Waals surface area contributed by atoms with E-state index < -0.39 is 15.9 Å². The molecule has 0 unspecified atom stereocenters. The van der Waals surface area contributed by atoms with Gasteiger partial charge in [-0.1, -0.05) is 6.08 Å². The summed E-state index contributed by atoms with van der Waals surface area (Å²) in [5.41, 5.74) is 2.81. The van der Waals surface area contributed by atoms with Gasteiger partial charge in [0.15, 0.2) is 0 Å². The van der Waals surface area contributed by atoms with Gasteiger partial charge in [-0.25, -0.2) is 13.1 Å². The lowest BCUT2D eigenvalue weighted by atomic mass is 9.99. The Morgan fingerprint density at radius 2 is 2.08 bits per heavy atom. The van der Waals surface area contributed by atoms with Crippen molar-refractivity contribution in [1.29, 1.82) is 0 Å². The van der Waals surface area contributed by atoms with Gasteiger partial charge in [0.1, 0.15) is 10.7 Å². The Morgan fingerprint density at radius 1 is 1.27 bits per heavy atom. The van der Waals surface area contributed by atoms with Crippen molar-refractivity contribution in [3.63, 3.8) is 0 Å². The predicted octanol–water partition coefficient (Wildman–Crippen LogP) is 1.46. The van der Waals surface area contributed by atoms with Crippen LogP contribution in [-0.4, -0.2) is 49.5 Å². The lowest BCUT2D eigenvalue weighted by molar-refractivity contribution is -0.114. The quantitative estimate of drug-likeness (QED) is 0.829. The number of nitrogens with zero attached hydrogens (tertiary/aromatic N) is 2. The maximum atomic E-state index is 12.1. The Hall–Kier alpha value is -2.71. The minimum Gasteiger partial charge on any atom is -0.507 e. The molecular formula is C18H17N3O4S. The van der Waals surface area contributed by atoms with Crippen LogP contribution in [0.2, 0.25) is 0 Å². The van der Waals surface area contributed by atoms with E-state index >= 15 is 0 Å². The molecule has 2 N–H and O–H groups in total. The number of aromatic nitrogens is 1. The van der Waals surface area contributed by atoms with Gasteiger partial charge in [0.25, 0.3) is 15.9 Å². The van der Waals surface area contributed by atoms with Gasteiger partial charge in [-0.3, -0.25) is 9.78 Å². The number of nitrogens with one attached hydrogen (secondary N) is 1. The maximum absolute atomic E-state index is 12.1. The number of carbonyl (C=O) groups excluding carboxylic acids is 1. The molecule has 2 aliphatic rings. The third-order valence-corrected chi connectivity index (χ3v) is 6.02. The van der Waals surface area contributed by atoms with E-state index in [9.17, 15) is 18.3 Å². The minimum atomic E-state index is -3.95. The Labute approximate surface area is 150 Å². The van der Waals surface area contributed by atoms with Crippen LogP contribution in [0.5, 0.6) is 5.75 Å². The van der Waals surface area contributed by atoms with Crippen molar-refractivity contribution in [3.05, 3.63) is 47.7 Å². The molecule has 0 bridgehead atoms. The Bertz CT molecular complexity index is 1100. The molecule has 2 aliphatic heterocycles. The Balaban J connectivity index is 1.83. The van der Waals surface area contributed by atoms with Gasteiger partial charge in [-0.05, 0) is 36.7 Å². The number of carbonyl (C=O) groups is 1. The molecule has 0 atom stereocenters. The monoisotopic (exact) mass is 371 g/mol. The van der Waals surface area contributed by atoms with E-state index in [1.807, 2.05) is 10.8 Å². The molecule has 1 aromatic carbocycles. The zero-order chi connectivity index (χ0) is 18.5. The molecule has 1 aromatic heterocycles. The molecular weight excluding hydrogens is 354 g/mol. The van der Waals surface area contributed by atoms with E-state index in [2.05, 4.69) is 23.0 Å². The number of phenolic OH excluding ortho intramolecular Hbond substituents is 1. The lowest BCUT2D eigenvalue weighted by Gasteiger charge is -2.22. The molecule has 0 saturated heterocycles. The number of aromatic hydroxyl groups is 1. The summed E-state index contributed by atoms with van der Waals surface area (Å²) >= 11 is 0. The molecule has 3 heterocycles. The van der Waals surface area contributed by atoms with Gasteiger partial charge in [0.2, 0.25) is 0 Å². The number of pyridine rings is 1. The number of hydrogen-bond donors (Lipinski definition) is 2. The maximum Gasteiger partial charge on any atom is 0.265 e. The number of hydrogen-bond acceptors (Lipinski definition) is 6. The molecule has 26 heavy (non-hydrogen) atoms. The third-order valence-electron chi connectivity index (χ3n) is 4.63. The highest BCUT2D eigenvalue weighted by Crippen LogP contribution is 2.35. The largest absolute Gasteiger partial charge is 0.507 e. The Kier molecular flexibility index (Phi) is 3.82. The number of benzene rings is 1. The van der Waals surface area contributed by atoms with Crippen molar-refractivity contribution < 1.29 is 18.3 Å². The zero-order valence-electron chi connectivity index (χ0n) is 14.1. The van der Waals surface area contributed by atoms with E-state index in [0.717, 1.165) is 31.1 Å². The van der Waals surface area contributed by atoms with Crippen molar-refractivity contribution in [2.75, 3.05) is 20.1 Å². The first-order chi connectivity index (χ1) is 12.3. The zero-order valence-corrected chi connectivity index (χ0v) is 14.9. The standard InChI is InChI=1S/C18H17N3O4S/c1-21-4-2-11(3-5-21)13-6-12-7-14(16(22)8-15(12)19-10-13)17-9-18(23)20-26(17,24)25/h2,6-10,22H,3-5H2,1H3,(H,20,23). The summed E-state index contributed by atoms with van der Waals surface area (Å²) < 4.78 is 26.0. The summed E-state index contributed by atoms with van der Waals surface area (Å²) in [7, 11) is -1.89. The smallest absolute Gasteiger partial charge is 0.265 e. The van der Waals surface area contributed by atoms with Crippen LogP contribution in [0.3, 0.4) is 0 Å². The number of phenols is 1. The number of likely N-dealkylation sites (N-methyl/N-ethyl adjacent to an activating group) is 1. The fraction of sp³-hybridized carbons (Fsp3) is 0.222. The average molecular weight is 371 g/mol. The summed E-state index contributed by atoms with van der Waals surface area (Å²) in [5, 5.41) is 10.9. The molecule has 8 heteroatoms. The fourth-order valence-electron chi connectivity index (χ4n) is 3.21. The van der Waals surface area contributed by atoms with Crippen LogP contribution >= 0.6 is 0 Å². The molecule has 0 aliphatic carbocycles. The Morgan fingerprint density at radius 3 is 2.73 bits per heavy atom. The summed E-state index contributed by atoms with van der Waals surface area (Å²) in [6.07, 6.45) is 5.80. The average Bonchev–Trinajstić information content (AvgIpc) is 2.87. The van der Waals surface area contributed by atoms with Gasteiger partial charge in [-0.2, -0.15) is 0 Å². The minimum absolute atomic E-state index is 0.0900. The van der Waals surface area contributed by atoms with E-state index in [-0.39, 0.29) is 16.2 Å². The van der Waals surface area contributed by atoms with Crippen LogP contribution in [-0.2, 0) is 14.8 Å². The van der Waals surface area contributed by atoms with Crippen LogP contribution in [0.25, 0.3) is 21.4 Å². The third kappa shape index (κ3) is 2.87. The van der Waals surface area contributed by atoms with Gasteiger partial charge < -0.3 is 10.0 Å². The highest BCUT2D eigenvalue weighted by molar-refractivity contribution is 8.00. The number of fused-ring (bicyclic) bond motifs is 1. The van der Waals surface area contributed by atoms with Crippen molar-refractivity contribution in [3.8, 4) is 5.75 Å². The first-order valence-corrected chi connectivity index (χ1v) is 9.61. The summed E-state index contributed by atoms with van der Waals surface area (Å²) in [6.45, 7) is 1.83. The highest BCUT2D eigenvalue weighted by Gasteiger charge is 2.31. The van der Waals surface area contributed by atoms with E-state index in [4.69, 9.17) is 0 Å². The summed E-state index contributed by atoms with van der Waals surface area (Å²) in [6, 6.07) is 4.90. The van der Waals surface area contributed by atoms with Crippen molar-refractivity contribution in [1.82, 2.24) is 14.6 Å². The summed E-state index contributed by atoms with van der Waals surface area (Å²) in [5.74, 6) is -0.953. The second-order valence-corrected chi connectivity index (χ2v) is 8.16. The SMILES string of the molecule is CN1CC=C(c2cnc3cc(O)c(C4=CC(=O)NS4(=O)=O)cc3c2)CC1. The predicted molar refractivity (Wildman–Crippen MR) is 98.5 cm³/mol. The summed E-state index contributed by atoms with van der Waals surface area (Å²) in [4.78, 5) is 17.8. The molecule has 0 spiro atoms. The van der Waals surface area contributed by atoms with Crippen LogP contribution in [0.4, 0.5) is 0 Å². The van der Waals surface area contributed by atoms with E-state index in [0.29, 0.717) is 10.9 Å². The van der Waals surface area contributed by atoms with Crippen LogP contribution in [0.1, 0.15) is 17.5 Å². The lowest BCUT2D eigenvalue weighted by Crippen LogP contribution is -2.23. The number of sulfonamides is 1. The normalized spacial score (nSPS) is 20.0. The van der Waals surface area contributed by atoms with Crippen molar-refractivity contribution >= 4 is 37.3 Å². The van der Waals surface area contributed by atoms with E-state index in [1.54, 1.807) is 12.3 Å². The second-order valence-electron chi connectivity index (χ2n) is 6.51. The van der Waals surface area contributed by atoms with Gasteiger partial charge in [-0.15, -0.1) is 0 Å². The fourth-order valence-corrected chi connectivity index (χ4v) is 4.36. The van der Waals surface area contributed by atoms with Crippen molar-refractivity contribution in [2.45, 2.75) is 6.42 Å². The van der Waals surface area contributed by atoms with Gasteiger partial charge in [0, 0.05) is 42.4 Å². The molecule has 0 radical (unpaired) electrons. The molecule has 1 amide bonds. The van der Waals surface area contributed by atoms with Crippen molar-refractivity contribution in [2.24, 2.45) is 0 Å². The highest BCUT2D eigenvalue weighted by atomic mass is 32.2. The number of rotatable bonds is 2. The number of amides is 1. The van der Waals surface area contributed by atoms with E-state index in [1.165, 1.54) is 11.6 Å². The van der Waals surface area contributed by atoms with Gasteiger partial charge >= 0.3 is 0 Å². The first-order valence-electron chi connectivity index (χ1n) is 8.13. The topological polar surface area (TPSA) is 99.6 Å². The van der Waals surface area contributed by atoms with Crippen LogP contribution < -0.4 is 4.72 Å². The molecule has 0 fully saturated rings. The molecule has 4 rings (SSSR count). The molecule has 0 saturated carbocycles. The first kappa shape index (κ1) is 16.7. The second kappa shape index (κ2) is 5.93. The molecule has 7 nitrogen and oxygen atoms in total.